The highest BCUT2D eigenvalue weighted by molar-refractivity contribution is 5.94. The van der Waals surface area contributed by atoms with Crippen LogP contribution in [0.4, 0.5) is 0 Å². The quantitative estimate of drug-likeness (QED) is 0.401. The Morgan fingerprint density at radius 2 is 1.55 bits per heavy atom. The van der Waals surface area contributed by atoms with Crippen LogP contribution < -0.4 is 14.8 Å². The van der Waals surface area contributed by atoms with Crippen molar-refractivity contribution in [3.05, 3.63) is 114 Å². The molecular weight excluding hydrogens is 414 g/mol. The van der Waals surface area contributed by atoms with Gasteiger partial charge in [0.2, 0.25) is 0 Å². The number of benzene rings is 3. The van der Waals surface area contributed by atoms with E-state index in [1.54, 1.807) is 30.5 Å². The third-order valence-corrected chi connectivity index (χ3v) is 5.34. The van der Waals surface area contributed by atoms with Crippen molar-refractivity contribution in [1.82, 2.24) is 14.9 Å². The lowest BCUT2D eigenvalue weighted by Gasteiger charge is -2.20. The van der Waals surface area contributed by atoms with Crippen molar-refractivity contribution in [1.29, 1.82) is 0 Å². The van der Waals surface area contributed by atoms with E-state index in [9.17, 15) is 4.79 Å². The Hall–Kier alpha value is -4.06. The molecule has 4 rings (SSSR count). The molecule has 0 fully saturated rings. The standard InChI is InChI=1S/C27H27N3O3/c1-3-32-23-13-9-21(10-14-23)26(20-7-5-4-6-8-20)29-27(31)22-11-15-24(16-12-22)33-19-25-28-17-18-30(25)2/h4-18,26H,3,19H2,1-2H3,(H,29,31). The smallest absolute Gasteiger partial charge is 0.252 e. The lowest BCUT2D eigenvalue weighted by Crippen LogP contribution is -2.29. The van der Waals surface area contributed by atoms with Crippen molar-refractivity contribution < 1.29 is 14.3 Å². The summed E-state index contributed by atoms with van der Waals surface area (Å²) < 4.78 is 13.3. The zero-order valence-electron chi connectivity index (χ0n) is 18.8. The predicted octanol–water partition coefficient (Wildman–Crippen LogP) is 4.92. The van der Waals surface area contributed by atoms with Crippen LogP contribution in [0.1, 0.15) is 40.3 Å². The molecule has 1 atom stereocenters. The number of amides is 1. The van der Waals surface area contributed by atoms with E-state index in [1.165, 1.54) is 0 Å². The van der Waals surface area contributed by atoms with Crippen LogP contribution in [0.5, 0.6) is 11.5 Å². The molecule has 0 aliphatic carbocycles. The van der Waals surface area contributed by atoms with E-state index < -0.39 is 0 Å². The summed E-state index contributed by atoms with van der Waals surface area (Å²) in [5.41, 5.74) is 2.55. The predicted molar refractivity (Wildman–Crippen MR) is 127 cm³/mol. The third kappa shape index (κ3) is 5.60. The maximum Gasteiger partial charge on any atom is 0.252 e. The second kappa shape index (κ2) is 10.5. The van der Waals surface area contributed by atoms with Crippen molar-refractivity contribution in [3.8, 4) is 11.5 Å². The first-order valence-corrected chi connectivity index (χ1v) is 10.9. The van der Waals surface area contributed by atoms with Crippen molar-refractivity contribution in [2.75, 3.05) is 6.61 Å². The Kier molecular flexibility index (Phi) is 7.05. The zero-order valence-corrected chi connectivity index (χ0v) is 18.8. The number of hydrogen-bond acceptors (Lipinski definition) is 4. The van der Waals surface area contributed by atoms with E-state index in [0.717, 1.165) is 22.7 Å². The number of carbonyl (C=O) groups is 1. The van der Waals surface area contributed by atoms with E-state index in [-0.39, 0.29) is 11.9 Å². The fraction of sp³-hybridized carbons (Fsp3) is 0.185. The van der Waals surface area contributed by atoms with Gasteiger partial charge in [-0.3, -0.25) is 4.79 Å². The normalized spacial score (nSPS) is 11.6. The molecule has 0 bridgehead atoms. The van der Waals surface area contributed by atoms with Crippen LogP contribution >= 0.6 is 0 Å². The minimum Gasteiger partial charge on any atom is -0.494 e. The highest BCUT2D eigenvalue weighted by Crippen LogP contribution is 2.25. The molecular formula is C27H27N3O3. The first-order valence-electron chi connectivity index (χ1n) is 10.9. The summed E-state index contributed by atoms with van der Waals surface area (Å²) in [6.45, 7) is 2.93. The number of nitrogens with one attached hydrogen (secondary N) is 1. The average Bonchev–Trinajstić information content (AvgIpc) is 3.27. The number of imidazole rings is 1. The molecule has 6 heteroatoms. The van der Waals surface area contributed by atoms with E-state index in [2.05, 4.69) is 10.3 Å². The van der Waals surface area contributed by atoms with Gasteiger partial charge in [0, 0.05) is 25.0 Å². The van der Waals surface area contributed by atoms with E-state index >= 15 is 0 Å². The number of rotatable bonds is 9. The van der Waals surface area contributed by atoms with Crippen molar-refractivity contribution in [2.24, 2.45) is 7.05 Å². The second-order valence-electron chi connectivity index (χ2n) is 7.59. The molecule has 1 heterocycles. The molecule has 4 aromatic rings. The molecule has 1 amide bonds. The van der Waals surface area contributed by atoms with Gasteiger partial charge >= 0.3 is 0 Å². The summed E-state index contributed by atoms with van der Waals surface area (Å²) in [6, 6.07) is 24.6. The van der Waals surface area contributed by atoms with Crippen LogP contribution in [0.15, 0.2) is 91.3 Å². The number of nitrogens with zero attached hydrogens (tertiary/aromatic N) is 2. The lowest BCUT2D eigenvalue weighted by molar-refractivity contribution is 0.0943. The Labute approximate surface area is 193 Å². The first kappa shape index (κ1) is 22.1. The van der Waals surface area contributed by atoms with Crippen molar-refractivity contribution in [2.45, 2.75) is 19.6 Å². The molecule has 0 spiro atoms. The molecule has 1 aromatic heterocycles. The number of aryl methyl sites for hydroxylation is 1. The summed E-state index contributed by atoms with van der Waals surface area (Å²) in [6.07, 6.45) is 3.61. The molecule has 0 aliphatic rings. The molecule has 33 heavy (non-hydrogen) atoms. The van der Waals surface area contributed by atoms with Gasteiger partial charge < -0.3 is 19.4 Å². The summed E-state index contributed by atoms with van der Waals surface area (Å²) in [4.78, 5) is 17.3. The molecule has 0 saturated heterocycles. The van der Waals surface area contributed by atoms with E-state index in [1.807, 2.05) is 79.3 Å². The maximum absolute atomic E-state index is 13.1. The molecule has 6 nitrogen and oxygen atoms in total. The van der Waals surface area contributed by atoms with Crippen LogP contribution in [0, 0.1) is 0 Å². The highest BCUT2D eigenvalue weighted by atomic mass is 16.5. The average molecular weight is 442 g/mol. The Morgan fingerprint density at radius 3 is 2.18 bits per heavy atom. The zero-order chi connectivity index (χ0) is 23.0. The van der Waals surface area contributed by atoms with Gasteiger partial charge in [0.05, 0.1) is 12.6 Å². The SMILES string of the molecule is CCOc1ccc(C(NC(=O)c2ccc(OCc3nccn3C)cc2)c2ccccc2)cc1. The summed E-state index contributed by atoms with van der Waals surface area (Å²) in [7, 11) is 1.92. The van der Waals surface area contributed by atoms with Gasteiger partial charge in [0.25, 0.3) is 5.91 Å². The minimum absolute atomic E-state index is 0.159. The van der Waals surface area contributed by atoms with Crippen LogP contribution in [-0.2, 0) is 13.7 Å². The van der Waals surface area contributed by atoms with Crippen molar-refractivity contribution >= 4 is 5.91 Å². The van der Waals surface area contributed by atoms with Crippen LogP contribution in [0.2, 0.25) is 0 Å². The monoisotopic (exact) mass is 441 g/mol. The fourth-order valence-electron chi connectivity index (χ4n) is 3.53. The molecule has 168 valence electrons. The van der Waals surface area contributed by atoms with Gasteiger partial charge in [-0.2, -0.15) is 0 Å². The lowest BCUT2D eigenvalue weighted by atomic mass is 9.98. The molecule has 1 N–H and O–H groups in total. The van der Waals surface area contributed by atoms with Gasteiger partial charge in [-0.05, 0) is 54.4 Å². The molecule has 0 aliphatic heterocycles. The summed E-state index contributed by atoms with van der Waals surface area (Å²) in [5.74, 6) is 2.16. The number of carbonyl (C=O) groups excluding carboxylic acids is 1. The largest absolute Gasteiger partial charge is 0.494 e. The van der Waals surface area contributed by atoms with E-state index in [0.29, 0.717) is 24.5 Å². The van der Waals surface area contributed by atoms with Crippen LogP contribution in [0.25, 0.3) is 0 Å². The molecule has 0 saturated carbocycles. The van der Waals surface area contributed by atoms with Crippen LogP contribution in [0.3, 0.4) is 0 Å². The number of hydrogen-bond donors (Lipinski definition) is 1. The Morgan fingerprint density at radius 1 is 0.909 bits per heavy atom. The topological polar surface area (TPSA) is 65.4 Å². The molecule has 0 radical (unpaired) electrons. The number of aromatic nitrogens is 2. The van der Waals surface area contributed by atoms with E-state index in [4.69, 9.17) is 9.47 Å². The van der Waals surface area contributed by atoms with Gasteiger partial charge in [-0.1, -0.05) is 42.5 Å². The van der Waals surface area contributed by atoms with Gasteiger partial charge in [0.1, 0.15) is 23.9 Å². The van der Waals surface area contributed by atoms with Crippen molar-refractivity contribution in [3.63, 3.8) is 0 Å². The number of ether oxygens (including phenoxy) is 2. The summed E-state index contributed by atoms with van der Waals surface area (Å²) in [5, 5.41) is 3.16. The van der Waals surface area contributed by atoms with Gasteiger partial charge in [-0.15, -0.1) is 0 Å². The molecule has 1 unspecified atom stereocenters. The summed E-state index contributed by atoms with van der Waals surface area (Å²) >= 11 is 0. The van der Waals surface area contributed by atoms with Gasteiger partial charge in [0.15, 0.2) is 0 Å². The minimum atomic E-state index is -0.284. The fourth-order valence-corrected chi connectivity index (χ4v) is 3.53. The Bertz CT molecular complexity index is 1170. The van der Waals surface area contributed by atoms with Crippen LogP contribution in [-0.4, -0.2) is 22.1 Å². The van der Waals surface area contributed by atoms with Gasteiger partial charge in [-0.25, -0.2) is 4.98 Å². The molecule has 3 aromatic carbocycles. The second-order valence-corrected chi connectivity index (χ2v) is 7.59. The highest BCUT2D eigenvalue weighted by Gasteiger charge is 2.18. The first-order chi connectivity index (χ1) is 16.1. The Balaban J connectivity index is 1.47. The third-order valence-electron chi connectivity index (χ3n) is 5.34. The maximum atomic E-state index is 13.1.